The number of hydrogen-bond acceptors (Lipinski definition) is 1. The molecule has 0 bridgehead atoms. The zero-order valence-electron chi connectivity index (χ0n) is 8.81. The molecule has 0 aromatic heterocycles. The second-order valence-electron chi connectivity index (χ2n) is 4.14. The van der Waals surface area contributed by atoms with E-state index in [2.05, 4.69) is 0 Å². The van der Waals surface area contributed by atoms with Gasteiger partial charge in [-0.15, -0.1) is 0 Å². The van der Waals surface area contributed by atoms with Crippen LogP contribution in [0.15, 0.2) is 18.2 Å². The highest BCUT2D eigenvalue weighted by Crippen LogP contribution is 2.32. The Balaban J connectivity index is 3.30. The first-order valence-electron chi connectivity index (χ1n) is 4.52. The molecule has 0 amide bonds. The number of halogens is 3. The van der Waals surface area contributed by atoms with Crippen molar-refractivity contribution in [2.75, 3.05) is 0 Å². The fourth-order valence-electron chi connectivity index (χ4n) is 1.30. The van der Waals surface area contributed by atoms with Crippen LogP contribution in [-0.2, 0) is 11.8 Å². The lowest BCUT2D eigenvalue weighted by Crippen LogP contribution is -2.17. The van der Waals surface area contributed by atoms with E-state index in [0.29, 0.717) is 5.56 Å². The molecule has 0 aliphatic rings. The molecule has 0 fully saturated rings. The Kier molecular flexibility index (Phi) is 2.83. The number of benzene rings is 1. The van der Waals surface area contributed by atoms with E-state index in [0.717, 1.165) is 12.1 Å². The van der Waals surface area contributed by atoms with Crippen molar-refractivity contribution in [3.05, 3.63) is 34.9 Å². The Morgan fingerprint density at radius 2 is 1.47 bits per heavy atom. The molecular weight excluding hydrogens is 205 g/mol. The highest BCUT2D eigenvalue weighted by atomic mass is 19.4. The maximum Gasteiger partial charge on any atom is 0.416 e. The molecule has 4 heteroatoms. The van der Waals surface area contributed by atoms with E-state index in [9.17, 15) is 18.3 Å². The van der Waals surface area contributed by atoms with Crippen LogP contribution >= 0.6 is 0 Å². The van der Waals surface area contributed by atoms with Gasteiger partial charge in [0, 0.05) is 0 Å². The molecular formula is C11H13F3O. The molecule has 0 aliphatic carbocycles. The third-order valence-corrected chi connectivity index (χ3v) is 2.11. The fourth-order valence-corrected chi connectivity index (χ4v) is 1.30. The fraction of sp³-hybridized carbons (Fsp3) is 0.455. The average molecular weight is 218 g/mol. The van der Waals surface area contributed by atoms with Crippen LogP contribution in [0.1, 0.15) is 30.5 Å². The van der Waals surface area contributed by atoms with Gasteiger partial charge in [0.15, 0.2) is 0 Å². The Morgan fingerprint density at radius 3 is 1.87 bits per heavy atom. The number of aliphatic hydroxyl groups is 1. The van der Waals surface area contributed by atoms with Gasteiger partial charge in [-0.1, -0.05) is 11.6 Å². The van der Waals surface area contributed by atoms with Crippen LogP contribution in [0.5, 0.6) is 0 Å². The summed E-state index contributed by atoms with van der Waals surface area (Å²) in [6.07, 6.45) is -4.37. The number of aryl methyl sites for hydroxylation is 1. The summed E-state index contributed by atoms with van der Waals surface area (Å²) in [6.45, 7) is 4.49. The summed E-state index contributed by atoms with van der Waals surface area (Å²) >= 11 is 0. The van der Waals surface area contributed by atoms with Crippen LogP contribution in [-0.4, -0.2) is 5.11 Å². The number of hydrogen-bond donors (Lipinski definition) is 1. The second-order valence-corrected chi connectivity index (χ2v) is 4.14. The summed E-state index contributed by atoms with van der Waals surface area (Å²) in [4.78, 5) is 0. The molecule has 0 atom stereocenters. The Labute approximate surface area is 86.5 Å². The van der Waals surface area contributed by atoms with Gasteiger partial charge in [0.1, 0.15) is 0 Å². The van der Waals surface area contributed by atoms with E-state index in [4.69, 9.17) is 0 Å². The normalized spacial score (nSPS) is 13.0. The van der Waals surface area contributed by atoms with Crippen molar-refractivity contribution in [2.45, 2.75) is 32.5 Å². The van der Waals surface area contributed by atoms with Crippen LogP contribution in [0, 0.1) is 6.92 Å². The molecule has 1 N–H and O–H groups in total. The highest BCUT2D eigenvalue weighted by molar-refractivity contribution is 5.33. The van der Waals surface area contributed by atoms with Gasteiger partial charge >= 0.3 is 6.18 Å². The van der Waals surface area contributed by atoms with Gasteiger partial charge in [-0.2, -0.15) is 13.2 Å². The van der Waals surface area contributed by atoms with Crippen LogP contribution in [0.3, 0.4) is 0 Å². The van der Waals surface area contributed by atoms with Crippen LogP contribution in [0.4, 0.5) is 13.2 Å². The average Bonchev–Trinajstić information content (AvgIpc) is 1.99. The zero-order chi connectivity index (χ0) is 11.9. The third kappa shape index (κ3) is 2.96. The monoisotopic (exact) mass is 218 g/mol. The predicted molar refractivity (Wildman–Crippen MR) is 51.4 cm³/mol. The molecule has 0 saturated carbocycles. The van der Waals surface area contributed by atoms with Crippen molar-refractivity contribution in [1.29, 1.82) is 0 Å². The third-order valence-electron chi connectivity index (χ3n) is 2.11. The van der Waals surface area contributed by atoms with Crippen molar-refractivity contribution in [1.82, 2.24) is 0 Å². The topological polar surface area (TPSA) is 20.2 Å². The first-order valence-corrected chi connectivity index (χ1v) is 4.52. The van der Waals surface area contributed by atoms with Gasteiger partial charge in [-0.25, -0.2) is 0 Å². The molecule has 1 nitrogen and oxygen atoms in total. The molecule has 1 aromatic carbocycles. The lowest BCUT2D eigenvalue weighted by molar-refractivity contribution is -0.137. The van der Waals surface area contributed by atoms with Crippen molar-refractivity contribution >= 4 is 0 Å². The Bertz CT molecular complexity index is 329. The first-order chi connectivity index (χ1) is 6.60. The summed E-state index contributed by atoms with van der Waals surface area (Å²) in [6, 6.07) is 3.59. The van der Waals surface area contributed by atoms with E-state index in [1.807, 2.05) is 0 Å². The molecule has 0 heterocycles. The summed E-state index contributed by atoms with van der Waals surface area (Å²) in [5.41, 5.74) is -1.22. The summed E-state index contributed by atoms with van der Waals surface area (Å²) in [7, 11) is 0. The van der Waals surface area contributed by atoms with Crippen LogP contribution in [0.25, 0.3) is 0 Å². The van der Waals surface area contributed by atoms with Crippen LogP contribution in [0.2, 0.25) is 0 Å². The molecule has 15 heavy (non-hydrogen) atoms. The lowest BCUT2D eigenvalue weighted by atomic mass is 9.94. The highest BCUT2D eigenvalue weighted by Gasteiger charge is 2.32. The largest absolute Gasteiger partial charge is 0.416 e. The maximum absolute atomic E-state index is 12.5. The summed E-state index contributed by atoms with van der Waals surface area (Å²) in [5, 5.41) is 9.64. The minimum absolute atomic E-state index is 0.273. The molecule has 0 aliphatic heterocycles. The molecule has 0 spiro atoms. The van der Waals surface area contributed by atoms with E-state index >= 15 is 0 Å². The van der Waals surface area contributed by atoms with Crippen molar-refractivity contribution in [3.63, 3.8) is 0 Å². The van der Waals surface area contributed by atoms with E-state index in [1.165, 1.54) is 13.8 Å². The molecule has 0 radical (unpaired) electrons. The van der Waals surface area contributed by atoms with Gasteiger partial charge < -0.3 is 5.11 Å². The van der Waals surface area contributed by atoms with Gasteiger partial charge in [-0.3, -0.25) is 0 Å². The lowest BCUT2D eigenvalue weighted by Gasteiger charge is -2.20. The molecule has 1 aromatic rings. The maximum atomic E-state index is 12.5. The smallest absolute Gasteiger partial charge is 0.386 e. The zero-order valence-corrected chi connectivity index (χ0v) is 8.81. The number of rotatable bonds is 1. The quantitative estimate of drug-likeness (QED) is 0.767. The van der Waals surface area contributed by atoms with Gasteiger partial charge in [0.2, 0.25) is 0 Å². The van der Waals surface area contributed by atoms with E-state index in [-0.39, 0.29) is 5.56 Å². The second kappa shape index (κ2) is 3.52. The minimum atomic E-state index is -4.37. The molecule has 0 saturated heterocycles. The molecule has 84 valence electrons. The van der Waals surface area contributed by atoms with E-state index in [1.54, 1.807) is 13.0 Å². The van der Waals surface area contributed by atoms with E-state index < -0.39 is 17.3 Å². The predicted octanol–water partition coefficient (Wildman–Crippen LogP) is 3.24. The van der Waals surface area contributed by atoms with Crippen molar-refractivity contribution in [3.8, 4) is 0 Å². The summed E-state index contributed by atoms with van der Waals surface area (Å²) in [5.74, 6) is 0. The number of alkyl halides is 3. The minimum Gasteiger partial charge on any atom is -0.386 e. The standard InChI is InChI=1S/C11H13F3O/c1-7-4-8(10(2,3)15)6-9(5-7)11(12,13)14/h4-6,15H,1-3H3. The molecule has 1 rings (SSSR count). The van der Waals surface area contributed by atoms with Crippen LogP contribution < -0.4 is 0 Å². The Hall–Kier alpha value is -1.03. The Morgan fingerprint density at radius 1 is 1.00 bits per heavy atom. The van der Waals surface area contributed by atoms with Crippen molar-refractivity contribution in [2.24, 2.45) is 0 Å². The molecule has 0 unspecified atom stereocenters. The first kappa shape index (κ1) is 12.0. The van der Waals surface area contributed by atoms with Gasteiger partial charge in [-0.05, 0) is 38.5 Å². The SMILES string of the molecule is Cc1cc(C(C)(C)O)cc(C(F)(F)F)c1. The van der Waals surface area contributed by atoms with Gasteiger partial charge in [0.25, 0.3) is 0 Å². The van der Waals surface area contributed by atoms with Crippen molar-refractivity contribution < 1.29 is 18.3 Å². The van der Waals surface area contributed by atoms with Gasteiger partial charge in [0.05, 0.1) is 11.2 Å². The summed E-state index contributed by atoms with van der Waals surface area (Å²) < 4.78 is 37.4.